The van der Waals surface area contributed by atoms with Crippen LogP contribution in [0.3, 0.4) is 0 Å². The van der Waals surface area contributed by atoms with Gasteiger partial charge in [-0.05, 0) is 37.9 Å². The molecular weight excluding hydrogens is 246 g/mol. The van der Waals surface area contributed by atoms with E-state index >= 15 is 0 Å². The summed E-state index contributed by atoms with van der Waals surface area (Å²) in [5, 5.41) is 3.47. The molecule has 1 N–H and O–H groups in total. The molecule has 1 fully saturated rings. The van der Waals surface area contributed by atoms with E-state index in [1.807, 2.05) is 12.1 Å². The molecule has 2 rings (SSSR count). The lowest BCUT2D eigenvalue weighted by Gasteiger charge is -2.40. The fourth-order valence-electron chi connectivity index (χ4n) is 2.65. The first kappa shape index (κ1) is 13.9. The minimum absolute atomic E-state index is 0.116. The summed E-state index contributed by atoms with van der Waals surface area (Å²) < 4.78 is 13.0. The van der Waals surface area contributed by atoms with Crippen LogP contribution < -0.4 is 5.32 Å². The first-order chi connectivity index (χ1) is 8.58. The lowest BCUT2D eigenvalue weighted by molar-refractivity contribution is 0.191. The lowest BCUT2D eigenvalue weighted by Crippen LogP contribution is -2.49. The second kappa shape index (κ2) is 6.10. The van der Waals surface area contributed by atoms with Gasteiger partial charge < -0.3 is 5.32 Å². The largest absolute Gasteiger partial charge is 0.312 e. The quantitative estimate of drug-likeness (QED) is 0.848. The van der Waals surface area contributed by atoms with Crippen LogP contribution in [0.15, 0.2) is 24.3 Å². The zero-order valence-electron chi connectivity index (χ0n) is 11.4. The molecule has 18 heavy (non-hydrogen) atoms. The van der Waals surface area contributed by atoms with Crippen molar-refractivity contribution in [3.8, 4) is 0 Å². The topological polar surface area (TPSA) is 15.3 Å². The Morgan fingerprint density at radius 1 is 1.33 bits per heavy atom. The van der Waals surface area contributed by atoms with Gasteiger partial charge in [-0.25, -0.2) is 4.39 Å². The molecule has 2 unspecified atom stereocenters. The van der Waals surface area contributed by atoms with Crippen LogP contribution in [0.2, 0.25) is 0 Å². The second-order valence-corrected chi connectivity index (χ2v) is 7.66. The van der Waals surface area contributed by atoms with Crippen molar-refractivity contribution in [1.82, 2.24) is 10.2 Å². The van der Waals surface area contributed by atoms with Crippen molar-refractivity contribution < 1.29 is 4.39 Å². The average Bonchev–Trinajstić information content (AvgIpc) is 2.32. The maximum Gasteiger partial charge on any atom is 0.123 e. The molecule has 0 spiro atoms. The standard InChI is InChI=1S/C14H22FN2P/c1-11-10-17(9-8-16-11)14(18(2)3)12-4-6-13(15)7-5-12/h4-7,11,14,16H,8-10H2,1-3H3. The van der Waals surface area contributed by atoms with Gasteiger partial charge in [0.25, 0.3) is 0 Å². The molecule has 0 aromatic heterocycles. The number of halogens is 1. The molecule has 2 nitrogen and oxygen atoms in total. The van der Waals surface area contributed by atoms with Gasteiger partial charge in [-0.2, -0.15) is 0 Å². The molecule has 100 valence electrons. The predicted molar refractivity (Wildman–Crippen MR) is 76.9 cm³/mol. The highest BCUT2D eigenvalue weighted by Gasteiger charge is 2.26. The SMILES string of the molecule is CC1CN(C(c2ccc(F)cc2)P(C)C)CCN1. The molecule has 0 amide bonds. The van der Waals surface area contributed by atoms with Crippen molar-refractivity contribution in [3.05, 3.63) is 35.6 Å². The summed E-state index contributed by atoms with van der Waals surface area (Å²) >= 11 is 0. The van der Waals surface area contributed by atoms with Gasteiger partial charge in [-0.3, -0.25) is 4.90 Å². The molecular formula is C14H22FN2P. The van der Waals surface area contributed by atoms with Gasteiger partial charge in [0.05, 0.1) is 5.78 Å². The Bertz CT molecular complexity index is 380. The van der Waals surface area contributed by atoms with Crippen LogP contribution in [0, 0.1) is 5.82 Å². The van der Waals surface area contributed by atoms with Crippen molar-refractivity contribution in [2.24, 2.45) is 0 Å². The Morgan fingerprint density at radius 2 is 2.00 bits per heavy atom. The highest BCUT2D eigenvalue weighted by Crippen LogP contribution is 2.47. The average molecular weight is 268 g/mol. The highest BCUT2D eigenvalue weighted by atomic mass is 31.1. The van der Waals surface area contributed by atoms with Gasteiger partial charge in [0.15, 0.2) is 0 Å². The van der Waals surface area contributed by atoms with E-state index in [4.69, 9.17) is 0 Å². The molecule has 0 aliphatic carbocycles. The van der Waals surface area contributed by atoms with Gasteiger partial charge >= 0.3 is 0 Å². The summed E-state index contributed by atoms with van der Waals surface area (Å²) in [5.74, 6) is 0.299. The van der Waals surface area contributed by atoms with E-state index < -0.39 is 0 Å². The van der Waals surface area contributed by atoms with Gasteiger partial charge in [0.1, 0.15) is 5.82 Å². The molecule has 4 heteroatoms. The van der Waals surface area contributed by atoms with Crippen LogP contribution in [0.4, 0.5) is 4.39 Å². The Labute approximate surface area is 110 Å². The molecule has 1 aromatic rings. The Kier molecular flexibility index (Phi) is 4.71. The maximum absolute atomic E-state index is 13.0. The van der Waals surface area contributed by atoms with Crippen LogP contribution >= 0.6 is 7.92 Å². The van der Waals surface area contributed by atoms with Crippen LogP contribution in [0.5, 0.6) is 0 Å². The first-order valence-corrected chi connectivity index (χ1v) is 8.78. The van der Waals surface area contributed by atoms with Crippen LogP contribution in [-0.2, 0) is 0 Å². The zero-order chi connectivity index (χ0) is 13.1. The summed E-state index contributed by atoms with van der Waals surface area (Å²) in [6, 6.07) is 7.57. The van der Waals surface area contributed by atoms with E-state index in [0.29, 0.717) is 11.8 Å². The van der Waals surface area contributed by atoms with Gasteiger partial charge in [-0.1, -0.05) is 20.1 Å². The van der Waals surface area contributed by atoms with Crippen molar-refractivity contribution in [2.75, 3.05) is 33.0 Å². The number of hydrogen-bond donors (Lipinski definition) is 1. The van der Waals surface area contributed by atoms with E-state index in [9.17, 15) is 4.39 Å². The molecule has 1 heterocycles. The molecule has 1 aromatic carbocycles. The molecule has 1 aliphatic rings. The number of benzene rings is 1. The van der Waals surface area contributed by atoms with Crippen molar-refractivity contribution in [1.29, 1.82) is 0 Å². The van der Waals surface area contributed by atoms with Crippen LogP contribution in [0.1, 0.15) is 18.3 Å². The number of rotatable bonds is 3. The maximum atomic E-state index is 13.0. The monoisotopic (exact) mass is 268 g/mol. The molecule has 1 saturated heterocycles. The minimum Gasteiger partial charge on any atom is -0.312 e. The molecule has 2 atom stereocenters. The lowest BCUT2D eigenvalue weighted by atomic mass is 10.1. The molecule has 1 aliphatic heterocycles. The van der Waals surface area contributed by atoms with Gasteiger partial charge in [0, 0.05) is 25.7 Å². The molecule has 0 saturated carbocycles. The zero-order valence-corrected chi connectivity index (χ0v) is 12.3. The first-order valence-electron chi connectivity index (χ1n) is 6.47. The molecule has 0 radical (unpaired) electrons. The van der Waals surface area contributed by atoms with E-state index in [1.54, 1.807) is 12.1 Å². The van der Waals surface area contributed by atoms with Crippen molar-refractivity contribution in [3.63, 3.8) is 0 Å². The van der Waals surface area contributed by atoms with Crippen LogP contribution in [0.25, 0.3) is 0 Å². The van der Waals surface area contributed by atoms with Gasteiger partial charge in [0.2, 0.25) is 0 Å². The predicted octanol–water partition coefficient (Wildman–Crippen LogP) is 2.86. The molecule has 0 bridgehead atoms. The summed E-state index contributed by atoms with van der Waals surface area (Å²) in [6.45, 7) is 10.0. The summed E-state index contributed by atoms with van der Waals surface area (Å²) in [6.07, 6.45) is 0. The fourth-order valence-corrected chi connectivity index (χ4v) is 4.29. The van der Waals surface area contributed by atoms with Crippen LogP contribution in [-0.4, -0.2) is 43.9 Å². The van der Waals surface area contributed by atoms with E-state index in [0.717, 1.165) is 19.6 Å². The number of nitrogens with one attached hydrogen (secondary N) is 1. The van der Waals surface area contributed by atoms with E-state index in [-0.39, 0.29) is 13.7 Å². The normalized spacial score (nSPS) is 23.3. The third-order valence-corrected chi connectivity index (χ3v) is 5.01. The van der Waals surface area contributed by atoms with E-state index in [1.165, 1.54) is 5.56 Å². The van der Waals surface area contributed by atoms with Crippen molar-refractivity contribution >= 4 is 7.92 Å². The van der Waals surface area contributed by atoms with Crippen molar-refractivity contribution in [2.45, 2.75) is 18.7 Å². The smallest absolute Gasteiger partial charge is 0.123 e. The Hall–Kier alpha value is -0.500. The minimum atomic E-state index is -0.150. The third-order valence-electron chi connectivity index (χ3n) is 3.40. The van der Waals surface area contributed by atoms with E-state index in [2.05, 4.69) is 30.5 Å². The summed E-state index contributed by atoms with van der Waals surface area (Å²) in [5.41, 5.74) is 1.25. The summed E-state index contributed by atoms with van der Waals surface area (Å²) in [4.78, 5) is 2.54. The summed E-state index contributed by atoms with van der Waals surface area (Å²) in [7, 11) is -0.116. The fraction of sp³-hybridized carbons (Fsp3) is 0.571. The third kappa shape index (κ3) is 3.28. The van der Waals surface area contributed by atoms with Gasteiger partial charge in [-0.15, -0.1) is 0 Å². The highest BCUT2D eigenvalue weighted by molar-refractivity contribution is 7.56. The Morgan fingerprint density at radius 3 is 2.56 bits per heavy atom. The number of hydrogen-bond acceptors (Lipinski definition) is 2. The number of piperazine rings is 1. The second-order valence-electron chi connectivity index (χ2n) is 5.24. The Balaban J connectivity index is 2.19. The number of nitrogens with zero attached hydrogens (tertiary/aromatic N) is 1.